The molecule has 2 heterocycles. The van der Waals surface area contributed by atoms with Crippen molar-refractivity contribution < 1.29 is 9.21 Å². The van der Waals surface area contributed by atoms with Crippen molar-refractivity contribution in [2.45, 2.75) is 11.6 Å². The molecule has 1 amide bonds. The molecule has 0 radical (unpaired) electrons. The van der Waals surface area contributed by atoms with Crippen LogP contribution in [0.15, 0.2) is 68.6 Å². The molecule has 0 saturated heterocycles. The van der Waals surface area contributed by atoms with E-state index in [1.54, 1.807) is 0 Å². The van der Waals surface area contributed by atoms with E-state index in [9.17, 15) is 4.79 Å². The molecule has 0 fully saturated rings. The topological polar surface area (TPSA) is 73.0 Å². The van der Waals surface area contributed by atoms with Gasteiger partial charge in [0.1, 0.15) is 5.58 Å². The lowest BCUT2D eigenvalue weighted by Gasteiger charge is -2.05. The lowest BCUT2D eigenvalue weighted by molar-refractivity contribution is -0.118. The van der Waals surface area contributed by atoms with Crippen molar-refractivity contribution in [1.29, 1.82) is 0 Å². The molecule has 2 aromatic carbocycles. The van der Waals surface area contributed by atoms with Crippen molar-refractivity contribution in [2.75, 3.05) is 12.3 Å². The number of furan rings is 1. The molecule has 0 bridgehead atoms. The summed E-state index contributed by atoms with van der Waals surface area (Å²) in [6.45, 7) is 0.613. The number of hydrogen-bond acceptors (Lipinski definition) is 5. The Bertz CT molecular complexity index is 1140. The number of amides is 1. The normalized spacial score (nSPS) is 11.1. The highest BCUT2D eigenvalue weighted by Gasteiger charge is 2.16. The minimum atomic E-state index is -0.0240. The van der Waals surface area contributed by atoms with E-state index in [4.69, 9.17) is 4.42 Å². The second kappa shape index (κ2) is 8.84. The summed E-state index contributed by atoms with van der Waals surface area (Å²) in [6, 6.07) is 17.9. The fourth-order valence-corrected chi connectivity index (χ4v) is 4.07. The van der Waals surface area contributed by atoms with Gasteiger partial charge in [-0.3, -0.25) is 4.79 Å². The quantitative estimate of drug-likeness (QED) is 0.404. The average molecular weight is 471 g/mol. The standard InChI is InChI=1S/C21H19BrN4O2S/c1-26-20(18-12-15-11-16(22)7-8-17(15)28-18)24-25-21(26)29-13-19(27)23-10-9-14-5-3-2-4-6-14/h2-8,11-12H,9-10,13H2,1H3,(H,23,27). The number of nitrogens with one attached hydrogen (secondary N) is 1. The summed E-state index contributed by atoms with van der Waals surface area (Å²) in [4.78, 5) is 12.1. The molecule has 0 atom stereocenters. The molecule has 0 aliphatic heterocycles. The van der Waals surface area contributed by atoms with Gasteiger partial charge in [-0.05, 0) is 36.2 Å². The van der Waals surface area contributed by atoms with Crippen LogP contribution in [0.25, 0.3) is 22.6 Å². The van der Waals surface area contributed by atoms with Gasteiger partial charge in [0.25, 0.3) is 0 Å². The van der Waals surface area contributed by atoms with Crippen molar-refractivity contribution in [3.8, 4) is 11.6 Å². The van der Waals surface area contributed by atoms with E-state index in [1.807, 2.05) is 54.1 Å². The highest BCUT2D eigenvalue weighted by Crippen LogP contribution is 2.30. The van der Waals surface area contributed by atoms with E-state index in [2.05, 4.69) is 43.6 Å². The monoisotopic (exact) mass is 470 g/mol. The Morgan fingerprint density at radius 3 is 2.83 bits per heavy atom. The fraction of sp³-hybridized carbons (Fsp3) is 0.190. The molecule has 0 saturated carbocycles. The van der Waals surface area contributed by atoms with E-state index in [0.717, 1.165) is 21.9 Å². The number of aromatic nitrogens is 3. The molecule has 6 nitrogen and oxygen atoms in total. The van der Waals surface area contributed by atoms with Crippen LogP contribution in [0, 0.1) is 0 Å². The van der Waals surface area contributed by atoms with Gasteiger partial charge in [-0.25, -0.2) is 0 Å². The van der Waals surface area contributed by atoms with Gasteiger partial charge in [-0.2, -0.15) is 0 Å². The lowest BCUT2D eigenvalue weighted by atomic mass is 10.1. The molecule has 0 unspecified atom stereocenters. The molecule has 0 aliphatic carbocycles. The van der Waals surface area contributed by atoms with E-state index < -0.39 is 0 Å². The molecular formula is C21H19BrN4O2S. The van der Waals surface area contributed by atoms with Gasteiger partial charge < -0.3 is 14.3 Å². The Labute approximate surface area is 180 Å². The van der Waals surface area contributed by atoms with Gasteiger partial charge in [-0.15, -0.1) is 10.2 Å². The second-order valence-corrected chi connectivity index (χ2v) is 8.39. The highest BCUT2D eigenvalue weighted by atomic mass is 79.9. The predicted molar refractivity (Wildman–Crippen MR) is 118 cm³/mol. The van der Waals surface area contributed by atoms with E-state index in [0.29, 0.717) is 23.3 Å². The largest absolute Gasteiger partial charge is 0.453 e. The van der Waals surface area contributed by atoms with Crippen LogP contribution in [0.4, 0.5) is 0 Å². The Morgan fingerprint density at radius 2 is 2.00 bits per heavy atom. The first-order valence-electron chi connectivity index (χ1n) is 9.12. The third-order valence-corrected chi connectivity index (χ3v) is 5.96. The maximum atomic E-state index is 12.1. The van der Waals surface area contributed by atoms with Crippen LogP contribution in [-0.4, -0.2) is 33.0 Å². The minimum absolute atomic E-state index is 0.0240. The minimum Gasteiger partial charge on any atom is -0.453 e. The van der Waals surface area contributed by atoms with Crippen LogP contribution < -0.4 is 5.32 Å². The SMILES string of the molecule is Cn1c(SCC(=O)NCCc2ccccc2)nnc1-c1cc2cc(Br)ccc2o1. The summed E-state index contributed by atoms with van der Waals surface area (Å²) in [5, 5.41) is 13.0. The van der Waals surface area contributed by atoms with Gasteiger partial charge in [0.15, 0.2) is 16.7 Å². The third kappa shape index (κ3) is 4.71. The maximum Gasteiger partial charge on any atom is 0.230 e. The number of halogens is 1. The van der Waals surface area contributed by atoms with Gasteiger partial charge in [0, 0.05) is 23.5 Å². The van der Waals surface area contributed by atoms with Gasteiger partial charge >= 0.3 is 0 Å². The molecule has 0 aliphatic rings. The number of benzene rings is 2. The molecule has 2 aromatic heterocycles. The van der Waals surface area contributed by atoms with Crippen LogP contribution in [0.5, 0.6) is 0 Å². The van der Waals surface area contributed by atoms with Gasteiger partial charge in [0.05, 0.1) is 5.75 Å². The smallest absolute Gasteiger partial charge is 0.230 e. The summed E-state index contributed by atoms with van der Waals surface area (Å²) in [7, 11) is 1.87. The van der Waals surface area contributed by atoms with Crippen LogP contribution >= 0.6 is 27.7 Å². The van der Waals surface area contributed by atoms with Crippen molar-refractivity contribution >= 4 is 44.6 Å². The number of thioether (sulfide) groups is 1. The zero-order valence-corrected chi connectivity index (χ0v) is 18.2. The summed E-state index contributed by atoms with van der Waals surface area (Å²) in [6.07, 6.45) is 0.813. The number of hydrogen-bond donors (Lipinski definition) is 1. The van der Waals surface area contributed by atoms with Crippen molar-refractivity contribution in [2.24, 2.45) is 7.05 Å². The summed E-state index contributed by atoms with van der Waals surface area (Å²) >= 11 is 4.82. The fourth-order valence-electron chi connectivity index (χ4n) is 2.95. The van der Waals surface area contributed by atoms with Crippen molar-refractivity contribution in [1.82, 2.24) is 20.1 Å². The van der Waals surface area contributed by atoms with Crippen LogP contribution in [0.2, 0.25) is 0 Å². The van der Waals surface area contributed by atoms with E-state index in [-0.39, 0.29) is 11.7 Å². The Kier molecular flexibility index (Phi) is 6.01. The first kappa shape index (κ1) is 19.7. The van der Waals surface area contributed by atoms with Crippen molar-refractivity contribution in [3.05, 3.63) is 64.6 Å². The first-order valence-corrected chi connectivity index (χ1v) is 10.9. The highest BCUT2D eigenvalue weighted by molar-refractivity contribution is 9.10. The lowest BCUT2D eigenvalue weighted by Crippen LogP contribution is -2.27. The van der Waals surface area contributed by atoms with Crippen molar-refractivity contribution in [3.63, 3.8) is 0 Å². The number of carbonyl (C=O) groups excluding carboxylic acids is 1. The summed E-state index contributed by atoms with van der Waals surface area (Å²) in [5.41, 5.74) is 1.99. The first-order chi connectivity index (χ1) is 14.1. The molecule has 0 spiro atoms. The number of rotatable bonds is 7. The van der Waals surface area contributed by atoms with Crippen LogP contribution in [0.1, 0.15) is 5.56 Å². The molecule has 4 rings (SSSR count). The molecule has 29 heavy (non-hydrogen) atoms. The Hall–Kier alpha value is -2.58. The molecule has 1 N–H and O–H groups in total. The van der Waals surface area contributed by atoms with Crippen LogP contribution in [-0.2, 0) is 18.3 Å². The molecule has 148 valence electrons. The van der Waals surface area contributed by atoms with Gasteiger partial charge in [-0.1, -0.05) is 58.0 Å². The summed E-state index contributed by atoms with van der Waals surface area (Å²) < 4.78 is 8.72. The van der Waals surface area contributed by atoms with Gasteiger partial charge in [0.2, 0.25) is 5.91 Å². The maximum absolute atomic E-state index is 12.1. The average Bonchev–Trinajstić information content (AvgIpc) is 3.29. The zero-order valence-electron chi connectivity index (χ0n) is 15.8. The van der Waals surface area contributed by atoms with E-state index >= 15 is 0 Å². The Balaban J connectivity index is 1.35. The number of carbonyl (C=O) groups is 1. The Morgan fingerprint density at radius 1 is 1.17 bits per heavy atom. The third-order valence-electron chi connectivity index (χ3n) is 4.44. The van der Waals surface area contributed by atoms with E-state index in [1.165, 1.54) is 17.3 Å². The predicted octanol–water partition coefficient (Wildman–Crippen LogP) is 4.44. The van der Waals surface area contributed by atoms with Crippen LogP contribution in [0.3, 0.4) is 0 Å². The second-order valence-electron chi connectivity index (χ2n) is 6.53. The number of fused-ring (bicyclic) bond motifs is 1. The molecule has 8 heteroatoms. The molecule has 4 aromatic rings. The zero-order chi connectivity index (χ0) is 20.2. The molecular weight excluding hydrogens is 452 g/mol. The summed E-state index contributed by atoms with van der Waals surface area (Å²) in [5.74, 6) is 1.54. The number of nitrogens with zero attached hydrogens (tertiary/aromatic N) is 3.